The molecule has 3 atom stereocenters. The fourth-order valence-electron chi connectivity index (χ4n) is 7.14. The molecule has 2 amide bonds. The van der Waals surface area contributed by atoms with Gasteiger partial charge in [-0.15, -0.1) is 0 Å². The molecular weight excluding hydrogens is 540 g/mol. The number of urea groups is 1. The fourth-order valence-corrected chi connectivity index (χ4v) is 7.14. The SMILES string of the molecule is COc1ccc([C@@]23CC[C@H](NC(=O)Nc4cc(F)cc(C(F)(F)F)c4)C[C@H]2N(C2CCN(C)CC2)CC3)cc1OC. The van der Waals surface area contributed by atoms with Crippen molar-refractivity contribution in [2.45, 2.75) is 68.2 Å². The lowest BCUT2D eigenvalue weighted by atomic mass is 9.65. The summed E-state index contributed by atoms with van der Waals surface area (Å²) in [5, 5.41) is 5.38. The molecule has 5 rings (SSSR count). The van der Waals surface area contributed by atoms with Gasteiger partial charge in [0.05, 0.1) is 19.8 Å². The summed E-state index contributed by atoms with van der Waals surface area (Å²) < 4.78 is 64.4. The van der Waals surface area contributed by atoms with Gasteiger partial charge in [-0.3, -0.25) is 4.90 Å². The summed E-state index contributed by atoms with van der Waals surface area (Å²) in [6, 6.07) is 7.97. The number of amides is 2. The van der Waals surface area contributed by atoms with Crippen LogP contribution in [0.4, 0.5) is 28.0 Å². The number of piperidine rings is 1. The summed E-state index contributed by atoms with van der Waals surface area (Å²) >= 11 is 0. The maximum atomic E-state index is 13.9. The van der Waals surface area contributed by atoms with Gasteiger partial charge in [-0.2, -0.15) is 13.2 Å². The van der Waals surface area contributed by atoms with E-state index in [4.69, 9.17) is 9.47 Å². The van der Waals surface area contributed by atoms with Gasteiger partial charge < -0.3 is 25.0 Å². The zero-order valence-corrected chi connectivity index (χ0v) is 23.7. The molecule has 2 aromatic rings. The summed E-state index contributed by atoms with van der Waals surface area (Å²) in [5.41, 5.74) is -0.316. The molecule has 0 bridgehead atoms. The quantitative estimate of drug-likeness (QED) is 0.435. The van der Waals surface area contributed by atoms with Gasteiger partial charge in [0.1, 0.15) is 5.82 Å². The Balaban J connectivity index is 1.36. The minimum atomic E-state index is -4.72. The van der Waals surface area contributed by atoms with Crippen LogP contribution in [0, 0.1) is 5.82 Å². The van der Waals surface area contributed by atoms with Crippen LogP contribution in [0.5, 0.6) is 11.5 Å². The Hall–Kier alpha value is -3.05. The van der Waals surface area contributed by atoms with Crippen LogP contribution in [0.25, 0.3) is 0 Å². The molecule has 1 saturated carbocycles. The number of nitrogens with zero attached hydrogens (tertiary/aromatic N) is 2. The number of likely N-dealkylation sites (tertiary alicyclic amines) is 2. The predicted molar refractivity (Wildman–Crippen MR) is 148 cm³/mol. The molecule has 11 heteroatoms. The molecule has 2 saturated heterocycles. The van der Waals surface area contributed by atoms with Crippen molar-refractivity contribution in [2.75, 3.05) is 46.2 Å². The molecule has 0 radical (unpaired) electrons. The van der Waals surface area contributed by atoms with Crippen LogP contribution < -0.4 is 20.1 Å². The molecule has 7 nitrogen and oxygen atoms in total. The van der Waals surface area contributed by atoms with Crippen LogP contribution >= 0.6 is 0 Å². The molecule has 41 heavy (non-hydrogen) atoms. The monoisotopic (exact) mass is 578 g/mol. The Labute approximate surface area is 238 Å². The van der Waals surface area contributed by atoms with Crippen molar-refractivity contribution < 1.29 is 31.8 Å². The number of methoxy groups -OCH3 is 2. The third-order valence-electron chi connectivity index (χ3n) is 9.23. The minimum Gasteiger partial charge on any atom is -0.493 e. The summed E-state index contributed by atoms with van der Waals surface area (Å²) in [6.45, 7) is 3.03. The topological polar surface area (TPSA) is 66.1 Å². The van der Waals surface area contributed by atoms with E-state index in [1.54, 1.807) is 14.2 Å². The number of fused-ring (bicyclic) bond motifs is 1. The molecular formula is C30H38F4N4O3. The number of hydrogen-bond donors (Lipinski definition) is 2. The Kier molecular flexibility index (Phi) is 8.39. The van der Waals surface area contributed by atoms with Gasteiger partial charge in [0.25, 0.3) is 0 Å². The van der Waals surface area contributed by atoms with Crippen molar-refractivity contribution >= 4 is 11.7 Å². The smallest absolute Gasteiger partial charge is 0.416 e. The van der Waals surface area contributed by atoms with E-state index in [2.05, 4.69) is 39.6 Å². The first kappa shape index (κ1) is 29.4. The summed E-state index contributed by atoms with van der Waals surface area (Å²) in [6.07, 6.45) is 0.665. The maximum Gasteiger partial charge on any atom is 0.416 e. The lowest BCUT2D eigenvalue weighted by Crippen LogP contribution is -2.56. The van der Waals surface area contributed by atoms with Gasteiger partial charge in [0.2, 0.25) is 0 Å². The van der Waals surface area contributed by atoms with Gasteiger partial charge in [-0.1, -0.05) is 6.07 Å². The molecule has 2 aliphatic heterocycles. The lowest BCUT2D eigenvalue weighted by Gasteiger charge is -2.48. The van der Waals surface area contributed by atoms with Crippen molar-refractivity contribution in [2.24, 2.45) is 0 Å². The van der Waals surface area contributed by atoms with E-state index in [1.165, 1.54) is 5.56 Å². The number of carbonyl (C=O) groups excluding carboxylic acids is 1. The van der Waals surface area contributed by atoms with E-state index in [1.807, 2.05) is 6.07 Å². The van der Waals surface area contributed by atoms with E-state index < -0.39 is 23.6 Å². The van der Waals surface area contributed by atoms with Gasteiger partial charge in [0.15, 0.2) is 11.5 Å². The second-order valence-corrected chi connectivity index (χ2v) is 11.6. The molecule has 0 aromatic heterocycles. The van der Waals surface area contributed by atoms with E-state index in [0.717, 1.165) is 57.5 Å². The Morgan fingerprint density at radius 1 is 0.976 bits per heavy atom. The molecule has 2 heterocycles. The second-order valence-electron chi connectivity index (χ2n) is 11.6. The molecule has 1 aliphatic carbocycles. The molecule has 3 fully saturated rings. The molecule has 0 spiro atoms. The average Bonchev–Trinajstić information content (AvgIpc) is 3.32. The zero-order valence-electron chi connectivity index (χ0n) is 23.7. The number of halogens is 4. The van der Waals surface area contributed by atoms with Crippen molar-refractivity contribution in [1.82, 2.24) is 15.1 Å². The highest BCUT2D eigenvalue weighted by atomic mass is 19.4. The third kappa shape index (κ3) is 6.11. The average molecular weight is 579 g/mol. The highest BCUT2D eigenvalue weighted by Crippen LogP contribution is 2.51. The summed E-state index contributed by atoms with van der Waals surface area (Å²) in [4.78, 5) is 17.9. The number of ether oxygens (including phenoxy) is 2. The Bertz CT molecular complexity index is 1250. The highest BCUT2D eigenvalue weighted by molar-refractivity contribution is 5.89. The summed E-state index contributed by atoms with van der Waals surface area (Å²) in [5.74, 6) is 0.295. The first-order valence-corrected chi connectivity index (χ1v) is 14.1. The van der Waals surface area contributed by atoms with E-state index >= 15 is 0 Å². The van der Waals surface area contributed by atoms with Crippen LogP contribution in [-0.2, 0) is 11.6 Å². The fraction of sp³-hybridized carbons (Fsp3) is 0.567. The van der Waals surface area contributed by atoms with Gasteiger partial charge in [-0.05, 0) is 101 Å². The predicted octanol–water partition coefficient (Wildman–Crippen LogP) is 5.64. The molecule has 2 N–H and O–H groups in total. The number of nitrogens with one attached hydrogen (secondary N) is 2. The van der Waals surface area contributed by atoms with Crippen LogP contribution in [0.2, 0.25) is 0 Å². The molecule has 2 aromatic carbocycles. The van der Waals surface area contributed by atoms with Crippen molar-refractivity contribution in [3.8, 4) is 11.5 Å². The number of alkyl halides is 3. The molecule has 0 unspecified atom stereocenters. The zero-order chi connectivity index (χ0) is 29.4. The number of anilines is 1. The Morgan fingerprint density at radius 2 is 1.71 bits per heavy atom. The van der Waals surface area contributed by atoms with Crippen LogP contribution in [0.15, 0.2) is 36.4 Å². The van der Waals surface area contributed by atoms with E-state index in [0.29, 0.717) is 36.4 Å². The van der Waals surface area contributed by atoms with Crippen LogP contribution in [0.3, 0.4) is 0 Å². The highest BCUT2D eigenvalue weighted by Gasteiger charge is 2.53. The normalized spacial score (nSPS) is 25.9. The largest absolute Gasteiger partial charge is 0.493 e. The van der Waals surface area contributed by atoms with Crippen molar-refractivity contribution in [3.63, 3.8) is 0 Å². The Morgan fingerprint density at radius 3 is 2.39 bits per heavy atom. The number of hydrogen-bond acceptors (Lipinski definition) is 5. The maximum absolute atomic E-state index is 13.9. The second kappa shape index (κ2) is 11.7. The number of carbonyl (C=O) groups is 1. The van der Waals surface area contributed by atoms with Crippen molar-refractivity contribution in [3.05, 3.63) is 53.3 Å². The van der Waals surface area contributed by atoms with E-state index in [9.17, 15) is 22.4 Å². The number of rotatable bonds is 6. The van der Waals surface area contributed by atoms with Gasteiger partial charge in [-0.25, -0.2) is 9.18 Å². The third-order valence-corrected chi connectivity index (χ3v) is 9.23. The first-order chi connectivity index (χ1) is 19.5. The standard InChI is InChI=1S/C30H38F4N4O3/c1-37-11-7-24(8-12-37)38-13-10-29(19-4-5-25(40-2)26(16-19)41-3)9-6-22(18-27(29)38)35-28(39)36-23-15-20(30(32,33)34)14-21(31)17-23/h4-5,14-17,22,24,27H,6-13,18H2,1-3H3,(H2,35,36,39)/t22-,27+,29-/m0/s1. The first-order valence-electron chi connectivity index (χ1n) is 14.1. The van der Waals surface area contributed by atoms with Crippen LogP contribution in [0.1, 0.15) is 49.7 Å². The lowest BCUT2D eigenvalue weighted by molar-refractivity contribution is -0.137. The number of benzene rings is 2. The molecule has 3 aliphatic rings. The summed E-state index contributed by atoms with van der Waals surface area (Å²) in [7, 11) is 5.39. The molecule has 224 valence electrons. The van der Waals surface area contributed by atoms with Crippen molar-refractivity contribution in [1.29, 1.82) is 0 Å². The minimum absolute atomic E-state index is 0.123. The van der Waals surface area contributed by atoms with E-state index in [-0.39, 0.29) is 23.2 Å². The van der Waals surface area contributed by atoms with Gasteiger partial charge >= 0.3 is 12.2 Å². The van der Waals surface area contributed by atoms with Gasteiger partial charge in [0, 0.05) is 29.2 Å². The van der Waals surface area contributed by atoms with Crippen LogP contribution in [-0.4, -0.2) is 74.9 Å².